The summed E-state index contributed by atoms with van der Waals surface area (Å²) in [5, 5.41) is 17.7. The normalized spacial score (nSPS) is 12.2. The summed E-state index contributed by atoms with van der Waals surface area (Å²) >= 11 is 0. The zero-order valence-corrected chi connectivity index (χ0v) is 25.9. The summed E-state index contributed by atoms with van der Waals surface area (Å²) in [6.45, 7) is 0. The van der Waals surface area contributed by atoms with Crippen LogP contribution in [0.1, 0.15) is 0 Å². The van der Waals surface area contributed by atoms with E-state index in [-0.39, 0.29) is 0 Å². The van der Waals surface area contributed by atoms with Gasteiger partial charge >= 0.3 is 0 Å². The molecule has 0 fully saturated rings. The van der Waals surface area contributed by atoms with Crippen LogP contribution in [0, 0.1) is 0 Å². The molecule has 0 bridgehead atoms. The SMILES string of the molecule is c1cc(-c2cc3ccc4cccc5c6cccc7ccc8cccc(c(c2)c3c45)c8c76)cc(-c2cc3cccnc3c3ncccc23)c1. The number of hydrogen-bond donors (Lipinski definition) is 0. The minimum Gasteiger partial charge on any atom is -0.254 e. The Balaban J connectivity index is 1.26. The van der Waals surface area contributed by atoms with Crippen molar-refractivity contribution in [2.24, 2.45) is 0 Å². The van der Waals surface area contributed by atoms with Gasteiger partial charge in [-0.25, -0.2) is 0 Å². The average molecular weight is 607 g/mol. The van der Waals surface area contributed by atoms with Crippen molar-refractivity contribution in [3.8, 4) is 22.3 Å². The van der Waals surface area contributed by atoms with Crippen molar-refractivity contribution < 1.29 is 0 Å². The molecule has 0 saturated heterocycles. The van der Waals surface area contributed by atoms with E-state index < -0.39 is 0 Å². The van der Waals surface area contributed by atoms with E-state index in [0.717, 1.165) is 21.8 Å². The lowest BCUT2D eigenvalue weighted by Crippen LogP contribution is -1.90. The van der Waals surface area contributed by atoms with Gasteiger partial charge in [-0.05, 0) is 123 Å². The Hall–Kier alpha value is -6.38. The Morgan fingerprint density at radius 2 is 0.812 bits per heavy atom. The van der Waals surface area contributed by atoms with Crippen LogP contribution in [-0.2, 0) is 0 Å². The Kier molecular flexibility index (Phi) is 5.14. The molecule has 0 aliphatic heterocycles. The minimum atomic E-state index is 0.934. The van der Waals surface area contributed by atoms with Crippen LogP contribution in [0.15, 0.2) is 158 Å². The van der Waals surface area contributed by atoms with Crippen LogP contribution in [0.5, 0.6) is 0 Å². The lowest BCUT2D eigenvalue weighted by atomic mass is 9.86. The third-order valence-corrected chi connectivity index (χ3v) is 10.4. The first-order valence-electron chi connectivity index (χ1n) is 16.5. The lowest BCUT2D eigenvalue weighted by molar-refractivity contribution is 1.37. The first-order valence-corrected chi connectivity index (χ1v) is 16.5. The lowest BCUT2D eigenvalue weighted by Gasteiger charge is -2.17. The molecule has 11 aromatic rings. The Labute approximate surface area is 275 Å². The molecule has 0 unspecified atom stereocenters. The van der Waals surface area contributed by atoms with Crippen molar-refractivity contribution in [2.45, 2.75) is 0 Å². The standard InChI is InChI=1S/C46H26N2/c1-10-30(23-31(11-1)39-25-33-12-5-21-47-45(33)46-38(39)16-6-22-48-46)34-24-32-20-19-29-8-3-14-36-35-13-2-7-27-17-18-28-9-4-15-37(43(28)41(27)35)40(26-34)44(32)42(29)36/h1-26H. The van der Waals surface area contributed by atoms with Gasteiger partial charge in [0, 0.05) is 23.2 Å². The summed E-state index contributed by atoms with van der Waals surface area (Å²) in [6, 6.07) is 53.8. The molecule has 2 heterocycles. The maximum absolute atomic E-state index is 4.77. The summed E-state index contributed by atoms with van der Waals surface area (Å²) in [4.78, 5) is 9.45. The molecule has 0 N–H and O–H groups in total. The maximum Gasteiger partial charge on any atom is 0.0970 e. The van der Waals surface area contributed by atoms with Crippen molar-refractivity contribution in [2.75, 3.05) is 0 Å². The van der Waals surface area contributed by atoms with Crippen molar-refractivity contribution in [3.63, 3.8) is 0 Å². The highest BCUT2D eigenvalue weighted by Crippen LogP contribution is 2.45. The van der Waals surface area contributed by atoms with E-state index in [1.807, 2.05) is 24.5 Å². The molecule has 0 spiro atoms. The highest BCUT2D eigenvalue weighted by atomic mass is 14.7. The largest absolute Gasteiger partial charge is 0.254 e. The van der Waals surface area contributed by atoms with Gasteiger partial charge in [-0.15, -0.1) is 0 Å². The van der Waals surface area contributed by atoms with Gasteiger partial charge in [0.1, 0.15) is 0 Å². The smallest absolute Gasteiger partial charge is 0.0970 e. The van der Waals surface area contributed by atoms with Crippen molar-refractivity contribution in [1.82, 2.24) is 9.97 Å². The highest BCUT2D eigenvalue weighted by Gasteiger charge is 2.17. The van der Waals surface area contributed by atoms with Crippen LogP contribution >= 0.6 is 0 Å². The summed E-state index contributed by atoms with van der Waals surface area (Å²) in [7, 11) is 0. The molecular weight excluding hydrogens is 581 g/mol. The van der Waals surface area contributed by atoms with E-state index in [4.69, 9.17) is 4.98 Å². The number of fused-ring (bicyclic) bond motifs is 5. The van der Waals surface area contributed by atoms with Gasteiger partial charge in [-0.1, -0.05) is 109 Å². The van der Waals surface area contributed by atoms with Crippen LogP contribution < -0.4 is 0 Å². The van der Waals surface area contributed by atoms with Gasteiger partial charge < -0.3 is 0 Å². The first kappa shape index (κ1) is 25.8. The zero-order valence-electron chi connectivity index (χ0n) is 25.9. The molecule has 0 radical (unpaired) electrons. The van der Waals surface area contributed by atoms with E-state index in [1.165, 1.54) is 86.9 Å². The zero-order chi connectivity index (χ0) is 31.3. The molecule has 48 heavy (non-hydrogen) atoms. The Morgan fingerprint density at radius 3 is 1.52 bits per heavy atom. The molecule has 0 atom stereocenters. The van der Waals surface area contributed by atoms with Gasteiger partial charge in [0.25, 0.3) is 0 Å². The summed E-state index contributed by atoms with van der Waals surface area (Å²) < 4.78 is 0. The molecule has 0 aliphatic rings. The molecule has 220 valence electrons. The van der Waals surface area contributed by atoms with Crippen LogP contribution in [0.25, 0.3) is 109 Å². The van der Waals surface area contributed by atoms with Crippen LogP contribution in [0.2, 0.25) is 0 Å². The topological polar surface area (TPSA) is 25.8 Å². The second-order valence-corrected chi connectivity index (χ2v) is 12.9. The van der Waals surface area contributed by atoms with Gasteiger partial charge in [0.05, 0.1) is 11.0 Å². The maximum atomic E-state index is 4.77. The molecule has 2 heteroatoms. The van der Waals surface area contributed by atoms with Crippen LogP contribution in [0.4, 0.5) is 0 Å². The molecule has 2 nitrogen and oxygen atoms in total. The van der Waals surface area contributed by atoms with Gasteiger partial charge in [0.2, 0.25) is 0 Å². The predicted octanol–water partition coefficient (Wildman–Crippen LogP) is 12.5. The average Bonchev–Trinajstić information content (AvgIpc) is 3.15. The molecular formula is C46H26N2. The number of hydrogen-bond acceptors (Lipinski definition) is 2. The third-order valence-electron chi connectivity index (χ3n) is 10.4. The second kappa shape index (κ2) is 9.57. The fraction of sp³-hybridized carbons (Fsp3) is 0. The van der Waals surface area contributed by atoms with E-state index in [1.54, 1.807) is 0 Å². The first-order chi connectivity index (χ1) is 23.8. The summed E-state index contributed by atoms with van der Waals surface area (Å²) in [5.74, 6) is 0. The van der Waals surface area contributed by atoms with Gasteiger partial charge in [-0.3, -0.25) is 9.97 Å². The predicted molar refractivity (Wildman–Crippen MR) is 204 cm³/mol. The van der Waals surface area contributed by atoms with Crippen molar-refractivity contribution in [3.05, 3.63) is 158 Å². The summed E-state index contributed by atoms with van der Waals surface area (Å²) in [6.07, 6.45) is 3.70. The third kappa shape index (κ3) is 3.52. The fourth-order valence-corrected chi connectivity index (χ4v) is 8.33. The molecule has 0 saturated carbocycles. The number of aromatic nitrogens is 2. The highest BCUT2D eigenvalue weighted by molar-refractivity contribution is 6.37. The quantitative estimate of drug-likeness (QED) is 0.183. The van der Waals surface area contributed by atoms with Crippen molar-refractivity contribution >= 4 is 86.4 Å². The Bertz CT molecular complexity index is 3110. The molecule has 0 amide bonds. The monoisotopic (exact) mass is 606 g/mol. The van der Waals surface area contributed by atoms with Gasteiger partial charge in [-0.2, -0.15) is 0 Å². The number of rotatable bonds is 2. The van der Waals surface area contributed by atoms with E-state index in [9.17, 15) is 0 Å². The van der Waals surface area contributed by atoms with Crippen LogP contribution in [0.3, 0.4) is 0 Å². The van der Waals surface area contributed by atoms with Crippen molar-refractivity contribution in [1.29, 1.82) is 0 Å². The van der Waals surface area contributed by atoms with Crippen LogP contribution in [-0.4, -0.2) is 9.97 Å². The molecule has 9 aromatic carbocycles. The second-order valence-electron chi connectivity index (χ2n) is 12.9. The van der Waals surface area contributed by atoms with E-state index in [0.29, 0.717) is 0 Å². The fourth-order valence-electron chi connectivity index (χ4n) is 8.33. The number of benzene rings is 8. The van der Waals surface area contributed by atoms with E-state index >= 15 is 0 Å². The molecule has 0 aliphatic carbocycles. The summed E-state index contributed by atoms with van der Waals surface area (Å²) in [5.41, 5.74) is 6.60. The number of nitrogens with zero attached hydrogens (tertiary/aromatic N) is 2. The molecule has 2 aromatic heterocycles. The van der Waals surface area contributed by atoms with E-state index in [2.05, 4.69) is 138 Å². The number of pyridine rings is 2. The minimum absolute atomic E-state index is 0.934. The Morgan fingerprint density at radius 1 is 0.292 bits per heavy atom. The molecule has 11 rings (SSSR count). The van der Waals surface area contributed by atoms with Gasteiger partial charge in [0.15, 0.2) is 0 Å².